The van der Waals surface area contributed by atoms with Gasteiger partial charge >= 0.3 is 0 Å². The molecule has 8 nitrogen and oxygen atoms in total. The zero-order chi connectivity index (χ0) is 19.3. The monoisotopic (exact) mass is 383 g/mol. The Bertz CT molecular complexity index is 1030. The summed E-state index contributed by atoms with van der Waals surface area (Å²) in [7, 11) is 1.68. The maximum absolute atomic E-state index is 13.1. The van der Waals surface area contributed by atoms with Crippen LogP contribution in [0.1, 0.15) is 37.9 Å². The topological polar surface area (TPSA) is 82.7 Å². The fourth-order valence-corrected chi connectivity index (χ4v) is 4.40. The molecule has 0 saturated carbocycles. The number of methoxy groups -OCH3 is 1. The summed E-state index contributed by atoms with van der Waals surface area (Å²) < 4.78 is 14.2. The van der Waals surface area contributed by atoms with Crippen molar-refractivity contribution in [2.24, 2.45) is 5.41 Å². The van der Waals surface area contributed by atoms with Crippen molar-refractivity contribution in [3.8, 4) is 0 Å². The van der Waals surface area contributed by atoms with E-state index in [0.29, 0.717) is 18.0 Å². The first-order valence-corrected chi connectivity index (χ1v) is 9.85. The van der Waals surface area contributed by atoms with Crippen LogP contribution in [0.5, 0.6) is 0 Å². The van der Waals surface area contributed by atoms with Gasteiger partial charge in [0.15, 0.2) is 5.52 Å². The van der Waals surface area contributed by atoms with Crippen molar-refractivity contribution in [3.05, 3.63) is 46.4 Å². The zero-order valence-electron chi connectivity index (χ0n) is 16.2. The van der Waals surface area contributed by atoms with Crippen LogP contribution >= 0.6 is 0 Å². The van der Waals surface area contributed by atoms with E-state index in [9.17, 15) is 4.79 Å². The highest BCUT2D eigenvalue weighted by atomic mass is 16.5. The molecule has 2 aliphatic heterocycles. The summed E-state index contributed by atoms with van der Waals surface area (Å²) in [5.74, 6) is 2.63. The number of hydrogen-bond donors (Lipinski definition) is 1. The number of anilines is 1. The fraction of sp³-hybridized carbons (Fsp3) is 0.550. The molecule has 28 heavy (non-hydrogen) atoms. The summed E-state index contributed by atoms with van der Waals surface area (Å²) in [6, 6.07) is 0.0881. The van der Waals surface area contributed by atoms with Crippen molar-refractivity contribution in [1.29, 1.82) is 0 Å². The predicted octanol–water partition coefficient (Wildman–Crippen LogP) is 2.08. The van der Waals surface area contributed by atoms with Gasteiger partial charge in [0.2, 0.25) is 5.95 Å². The third-order valence-corrected chi connectivity index (χ3v) is 6.34. The van der Waals surface area contributed by atoms with E-state index in [4.69, 9.17) is 14.6 Å². The van der Waals surface area contributed by atoms with Gasteiger partial charge in [-0.3, -0.25) is 9.36 Å². The van der Waals surface area contributed by atoms with Crippen LogP contribution in [0.2, 0.25) is 0 Å². The van der Waals surface area contributed by atoms with Crippen molar-refractivity contribution in [1.82, 2.24) is 19.2 Å². The molecule has 0 amide bonds. The molecule has 5 rings (SSSR count). The van der Waals surface area contributed by atoms with Gasteiger partial charge in [-0.2, -0.15) is 0 Å². The van der Waals surface area contributed by atoms with E-state index in [0.717, 1.165) is 44.1 Å². The van der Waals surface area contributed by atoms with Gasteiger partial charge in [-0.1, -0.05) is 13.0 Å². The second-order valence-corrected chi connectivity index (χ2v) is 8.09. The molecule has 4 heterocycles. The summed E-state index contributed by atoms with van der Waals surface area (Å²) in [4.78, 5) is 17.6. The van der Waals surface area contributed by atoms with E-state index in [1.807, 2.05) is 6.08 Å². The molecular weight excluding hydrogens is 358 g/mol. The van der Waals surface area contributed by atoms with Crippen LogP contribution in [0.3, 0.4) is 0 Å². The maximum atomic E-state index is 13.1. The molecule has 1 aliphatic carbocycles. The second-order valence-electron chi connectivity index (χ2n) is 8.09. The van der Waals surface area contributed by atoms with E-state index in [1.165, 1.54) is 0 Å². The first-order chi connectivity index (χ1) is 13.6. The van der Waals surface area contributed by atoms with Gasteiger partial charge in [-0.05, 0) is 31.4 Å². The highest BCUT2D eigenvalue weighted by molar-refractivity contribution is 5.48. The number of aromatic nitrogens is 4. The molecule has 0 radical (unpaired) electrons. The van der Waals surface area contributed by atoms with E-state index in [1.54, 1.807) is 22.4 Å². The summed E-state index contributed by atoms with van der Waals surface area (Å²) >= 11 is 0. The largest absolute Gasteiger partial charge is 0.497 e. The number of imidazole rings is 1. The van der Waals surface area contributed by atoms with Crippen molar-refractivity contribution >= 4 is 11.5 Å². The first-order valence-electron chi connectivity index (χ1n) is 9.85. The molecule has 0 spiro atoms. The molecule has 8 heteroatoms. The van der Waals surface area contributed by atoms with Crippen LogP contribution in [0, 0.1) is 5.41 Å². The van der Waals surface area contributed by atoms with Gasteiger partial charge in [0.05, 0.1) is 25.9 Å². The highest BCUT2D eigenvalue weighted by Crippen LogP contribution is 2.37. The molecule has 1 unspecified atom stereocenters. The Hall–Kier alpha value is -2.61. The number of allylic oxidation sites excluding steroid dienone is 2. The van der Waals surface area contributed by atoms with Gasteiger partial charge < -0.3 is 14.8 Å². The molecule has 1 fully saturated rings. The minimum absolute atomic E-state index is 0.0395. The van der Waals surface area contributed by atoms with E-state index in [-0.39, 0.29) is 22.9 Å². The average Bonchev–Trinajstić information content (AvgIpc) is 3.35. The van der Waals surface area contributed by atoms with E-state index < -0.39 is 0 Å². The number of nitrogens with one attached hydrogen (secondary N) is 1. The lowest BCUT2D eigenvalue weighted by molar-refractivity contribution is 0.0832. The van der Waals surface area contributed by atoms with Crippen molar-refractivity contribution in [2.75, 3.05) is 25.6 Å². The summed E-state index contributed by atoms with van der Waals surface area (Å²) in [6.45, 7) is 4.24. The van der Waals surface area contributed by atoms with Crippen molar-refractivity contribution < 1.29 is 9.47 Å². The quantitative estimate of drug-likeness (QED) is 0.874. The molecule has 2 atom stereocenters. The van der Waals surface area contributed by atoms with Gasteiger partial charge in [-0.15, -0.1) is 5.10 Å². The minimum Gasteiger partial charge on any atom is -0.497 e. The molecule has 2 aromatic heterocycles. The Balaban J connectivity index is 1.48. The van der Waals surface area contributed by atoms with Crippen molar-refractivity contribution in [3.63, 3.8) is 0 Å². The van der Waals surface area contributed by atoms with Gasteiger partial charge in [-0.25, -0.2) is 9.50 Å². The first kappa shape index (κ1) is 17.5. The van der Waals surface area contributed by atoms with Crippen LogP contribution in [0.15, 0.2) is 35.0 Å². The Morgan fingerprint density at radius 1 is 1.36 bits per heavy atom. The average molecular weight is 383 g/mol. The van der Waals surface area contributed by atoms with Crippen LogP contribution in [-0.4, -0.2) is 45.5 Å². The fourth-order valence-electron chi connectivity index (χ4n) is 4.40. The van der Waals surface area contributed by atoms with Gasteiger partial charge in [0, 0.05) is 24.5 Å². The lowest BCUT2D eigenvalue weighted by Gasteiger charge is -2.33. The lowest BCUT2D eigenvalue weighted by Crippen LogP contribution is -2.37. The van der Waals surface area contributed by atoms with Crippen LogP contribution < -0.4 is 10.9 Å². The Morgan fingerprint density at radius 2 is 2.18 bits per heavy atom. The molecule has 3 aliphatic rings. The molecule has 148 valence electrons. The van der Waals surface area contributed by atoms with E-state index in [2.05, 4.69) is 29.4 Å². The number of rotatable bonds is 3. The lowest BCUT2D eigenvalue weighted by atomic mass is 9.77. The van der Waals surface area contributed by atoms with Gasteiger partial charge in [0.25, 0.3) is 5.56 Å². The molecule has 0 aromatic carbocycles. The third-order valence-electron chi connectivity index (χ3n) is 6.34. The summed E-state index contributed by atoms with van der Waals surface area (Å²) in [6.07, 6.45) is 10.6. The molecule has 1 saturated heterocycles. The molecule has 1 N–H and O–H groups in total. The molecule has 2 aromatic rings. The van der Waals surface area contributed by atoms with Crippen LogP contribution in [-0.2, 0) is 16.0 Å². The summed E-state index contributed by atoms with van der Waals surface area (Å²) in [5, 5.41) is 8.25. The maximum Gasteiger partial charge on any atom is 0.281 e. The smallest absolute Gasteiger partial charge is 0.281 e. The number of ether oxygens (including phenoxy) is 2. The van der Waals surface area contributed by atoms with Crippen LogP contribution in [0.4, 0.5) is 5.95 Å². The molecule has 0 bridgehead atoms. The van der Waals surface area contributed by atoms with Gasteiger partial charge in [0.1, 0.15) is 11.6 Å². The Kier molecular flexibility index (Phi) is 4.04. The zero-order valence-corrected chi connectivity index (χ0v) is 16.2. The third kappa shape index (κ3) is 2.66. The Morgan fingerprint density at radius 3 is 2.89 bits per heavy atom. The number of nitrogens with zero attached hydrogens (tertiary/aromatic N) is 4. The SMILES string of the molecule is COC1=CCC(C)([C@H]2Cn3c(nn4c(C5CCOCC5)ncc4c3=O)N2)C=C1. The Labute approximate surface area is 162 Å². The standard InChI is InChI=1S/C20H25N5O3/c1-20(7-3-14(27-2)4-8-20)16-12-24-18(26)15-11-21-17(13-5-9-28-10-6-13)25(15)23-19(24)22-16/h3-4,7,11,13,16H,5-6,8-10,12H2,1-2H3,(H,22,23)/t16-,20?/m1/s1. The van der Waals surface area contributed by atoms with Crippen LogP contribution in [0.25, 0.3) is 5.52 Å². The number of fused-ring (bicyclic) bond motifs is 2. The number of hydrogen-bond acceptors (Lipinski definition) is 6. The predicted molar refractivity (Wildman–Crippen MR) is 104 cm³/mol. The minimum atomic E-state index is -0.112. The normalized spacial score (nSPS) is 27.5. The van der Waals surface area contributed by atoms with E-state index >= 15 is 0 Å². The summed E-state index contributed by atoms with van der Waals surface area (Å²) in [5.41, 5.74) is 0.388. The van der Waals surface area contributed by atoms with Crippen molar-refractivity contribution in [2.45, 2.75) is 44.7 Å². The highest BCUT2D eigenvalue weighted by Gasteiger charge is 2.38. The molecular formula is C20H25N5O3. The second kappa shape index (κ2) is 6.48.